The summed E-state index contributed by atoms with van der Waals surface area (Å²) in [6, 6.07) is 5.23. The number of ether oxygens (including phenoxy) is 3. The van der Waals surface area contributed by atoms with Crippen LogP contribution in [-0.4, -0.2) is 26.2 Å². The maximum atomic E-state index is 11.8. The van der Waals surface area contributed by atoms with E-state index in [1.807, 2.05) is 6.07 Å². The zero-order chi connectivity index (χ0) is 14.7. The predicted octanol–water partition coefficient (Wildman–Crippen LogP) is 1.99. The molecule has 0 bridgehead atoms. The molecule has 0 aromatic heterocycles. The van der Waals surface area contributed by atoms with Crippen molar-refractivity contribution in [1.82, 2.24) is 0 Å². The summed E-state index contributed by atoms with van der Waals surface area (Å²) < 4.78 is 15.0. The Morgan fingerprint density at radius 3 is 2.45 bits per heavy atom. The molecular formula is C15H16O5. The van der Waals surface area contributed by atoms with Gasteiger partial charge in [-0.25, -0.2) is 9.59 Å². The second-order valence-corrected chi connectivity index (χ2v) is 4.47. The first kappa shape index (κ1) is 14.1. The average molecular weight is 276 g/mol. The third kappa shape index (κ3) is 2.66. The van der Waals surface area contributed by atoms with E-state index >= 15 is 0 Å². The summed E-state index contributed by atoms with van der Waals surface area (Å²) >= 11 is 0. The highest BCUT2D eigenvalue weighted by atomic mass is 16.5. The molecule has 5 heteroatoms. The smallest absolute Gasteiger partial charge is 0.337 e. The Morgan fingerprint density at radius 1 is 1.10 bits per heavy atom. The van der Waals surface area contributed by atoms with E-state index < -0.39 is 11.9 Å². The third-order valence-corrected chi connectivity index (χ3v) is 3.30. The number of hydrogen-bond donors (Lipinski definition) is 0. The Kier molecular flexibility index (Phi) is 4.08. The van der Waals surface area contributed by atoms with Gasteiger partial charge in [0.25, 0.3) is 0 Å². The normalized spacial score (nSPS) is 13.9. The fourth-order valence-electron chi connectivity index (χ4n) is 2.10. The number of esters is 2. The maximum Gasteiger partial charge on any atom is 0.337 e. The van der Waals surface area contributed by atoms with E-state index in [0.717, 1.165) is 11.1 Å². The number of hydrogen-bond acceptors (Lipinski definition) is 5. The van der Waals surface area contributed by atoms with Gasteiger partial charge in [-0.1, -0.05) is 6.07 Å². The van der Waals surface area contributed by atoms with E-state index in [-0.39, 0.29) is 0 Å². The summed E-state index contributed by atoms with van der Waals surface area (Å²) in [5.41, 5.74) is 2.73. The van der Waals surface area contributed by atoms with Crippen molar-refractivity contribution in [3.8, 4) is 0 Å². The Balaban J connectivity index is 2.40. The van der Waals surface area contributed by atoms with Gasteiger partial charge in [0.2, 0.25) is 0 Å². The van der Waals surface area contributed by atoms with Crippen LogP contribution in [-0.2, 0) is 32.0 Å². The van der Waals surface area contributed by atoms with Gasteiger partial charge in [-0.15, -0.1) is 0 Å². The number of benzene rings is 1. The lowest BCUT2D eigenvalue weighted by atomic mass is 9.98. The molecular weight excluding hydrogens is 260 g/mol. The molecule has 0 saturated carbocycles. The highest BCUT2D eigenvalue weighted by Crippen LogP contribution is 2.25. The minimum atomic E-state index is -0.418. The first-order valence-corrected chi connectivity index (χ1v) is 6.17. The van der Waals surface area contributed by atoms with Crippen LogP contribution in [0, 0.1) is 0 Å². The summed E-state index contributed by atoms with van der Waals surface area (Å²) in [4.78, 5) is 23.3. The van der Waals surface area contributed by atoms with Crippen LogP contribution < -0.4 is 0 Å². The highest BCUT2D eigenvalue weighted by Gasteiger charge is 2.21. The van der Waals surface area contributed by atoms with Gasteiger partial charge in [-0.05, 0) is 30.2 Å². The van der Waals surface area contributed by atoms with Crippen LogP contribution in [0.15, 0.2) is 29.5 Å². The topological polar surface area (TPSA) is 61.8 Å². The lowest BCUT2D eigenvalue weighted by molar-refractivity contribution is -0.136. The molecule has 0 unspecified atom stereocenters. The van der Waals surface area contributed by atoms with E-state index in [4.69, 9.17) is 14.2 Å². The van der Waals surface area contributed by atoms with Gasteiger partial charge in [0.15, 0.2) is 0 Å². The number of fused-ring (bicyclic) bond motifs is 1. The van der Waals surface area contributed by atoms with Gasteiger partial charge in [0.1, 0.15) is 12.4 Å². The molecule has 0 N–H and O–H groups in total. The molecule has 5 nitrogen and oxygen atoms in total. The molecule has 106 valence electrons. The lowest BCUT2D eigenvalue weighted by Crippen LogP contribution is -2.10. The Labute approximate surface area is 117 Å². The Morgan fingerprint density at radius 2 is 1.80 bits per heavy atom. The van der Waals surface area contributed by atoms with E-state index in [1.54, 1.807) is 19.1 Å². The van der Waals surface area contributed by atoms with Crippen LogP contribution in [0.25, 0.3) is 0 Å². The van der Waals surface area contributed by atoms with Gasteiger partial charge in [-0.3, -0.25) is 0 Å². The van der Waals surface area contributed by atoms with Crippen LogP contribution in [0.4, 0.5) is 0 Å². The fraction of sp³-hybridized carbons (Fsp3) is 0.333. The molecule has 0 aliphatic carbocycles. The summed E-state index contributed by atoms with van der Waals surface area (Å²) in [5, 5.41) is 0. The fourth-order valence-corrected chi connectivity index (χ4v) is 2.10. The second kappa shape index (κ2) is 5.77. The number of carbonyl (C=O) groups is 2. The Hall–Kier alpha value is -2.30. The minimum absolute atomic E-state index is 0.364. The zero-order valence-corrected chi connectivity index (χ0v) is 11.7. The van der Waals surface area contributed by atoms with Crippen LogP contribution in [0.1, 0.15) is 28.4 Å². The van der Waals surface area contributed by atoms with Gasteiger partial charge >= 0.3 is 11.9 Å². The van der Waals surface area contributed by atoms with Gasteiger partial charge in [0.05, 0.1) is 25.4 Å². The van der Waals surface area contributed by atoms with E-state index in [1.165, 1.54) is 14.2 Å². The molecule has 2 rings (SSSR count). The molecule has 0 spiro atoms. The predicted molar refractivity (Wildman–Crippen MR) is 71.0 cm³/mol. The first-order chi connectivity index (χ1) is 9.56. The molecule has 0 radical (unpaired) electrons. The Bertz CT molecular complexity index is 586. The summed E-state index contributed by atoms with van der Waals surface area (Å²) in [7, 11) is 2.67. The van der Waals surface area contributed by atoms with Crippen molar-refractivity contribution < 1.29 is 23.8 Å². The molecule has 1 aromatic carbocycles. The van der Waals surface area contributed by atoms with Gasteiger partial charge in [-0.2, -0.15) is 0 Å². The average Bonchev–Trinajstić information content (AvgIpc) is 2.64. The largest absolute Gasteiger partial charge is 0.493 e. The van der Waals surface area contributed by atoms with Crippen molar-refractivity contribution in [2.75, 3.05) is 14.2 Å². The minimum Gasteiger partial charge on any atom is -0.493 e. The maximum absolute atomic E-state index is 11.8. The molecule has 20 heavy (non-hydrogen) atoms. The van der Waals surface area contributed by atoms with Crippen molar-refractivity contribution in [3.05, 3.63) is 46.2 Å². The molecule has 0 atom stereocenters. The van der Waals surface area contributed by atoms with E-state index in [9.17, 15) is 9.59 Å². The van der Waals surface area contributed by atoms with Crippen molar-refractivity contribution in [2.24, 2.45) is 0 Å². The monoisotopic (exact) mass is 276 g/mol. The summed E-state index contributed by atoms with van der Waals surface area (Å²) in [6.45, 7) is 2.10. The van der Waals surface area contributed by atoms with Crippen LogP contribution in [0.2, 0.25) is 0 Å². The molecule has 0 saturated heterocycles. The van der Waals surface area contributed by atoms with E-state index in [2.05, 4.69) is 0 Å². The molecule has 0 fully saturated rings. The first-order valence-electron chi connectivity index (χ1n) is 6.17. The van der Waals surface area contributed by atoms with Gasteiger partial charge in [0, 0.05) is 6.42 Å². The van der Waals surface area contributed by atoms with Gasteiger partial charge < -0.3 is 14.2 Å². The standard InChI is InChI=1S/C15H16O5/c1-9-13(15(17)19-3)7-12-6-10(14(16)18-2)4-5-11(12)8-20-9/h4-6H,7-8H2,1-3H3. The van der Waals surface area contributed by atoms with Crippen LogP contribution in [0.5, 0.6) is 0 Å². The number of allylic oxidation sites excluding steroid dienone is 1. The van der Waals surface area contributed by atoms with Crippen molar-refractivity contribution >= 4 is 11.9 Å². The van der Waals surface area contributed by atoms with Crippen LogP contribution >= 0.6 is 0 Å². The van der Waals surface area contributed by atoms with Crippen molar-refractivity contribution in [2.45, 2.75) is 20.0 Å². The summed E-state index contributed by atoms with van der Waals surface area (Å²) in [5.74, 6) is -0.273. The molecule has 1 aromatic rings. The molecule has 1 aliphatic heterocycles. The number of methoxy groups -OCH3 is 2. The lowest BCUT2D eigenvalue weighted by Gasteiger charge is -2.08. The quantitative estimate of drug-likeness (QED) is 0.773. The van der Waals surface area contributed by atoms with Crippen molar-refractivity contribution in [3.63, 3.8) is 0 Å². The SMILES string of the molecule is COC(=O)C1=C(C)OCc2ccc(C(=O)OC)cc2C1. The molecule has 0 amide bonds. The van der Waals surface area contributed by atoms with Crippen molar-refractivity contribution in [1.29, 1.82) is 0 Å². The second-order valence-electron chi connectivity index (χ2n) is 4.47. The highest BCUT2D eigenvalue weighted by molar-refractivity contribution is 5.91. The summed E-state index contributed by atoms with van der Waals surface area (Å²) in [6.07, 6.45) is 0.374. The van der Waals surface area contributed by atoms with E-state index in [0.29, 0.717) is 29.9 Å². The number of carbonyl (C=O) groups excluding carboxylic acids is 2. The molecule has 1 aliphatic rings. The number of rotatable bonds is 2. The zero-order valence-electron chi connectivity index (χ0n) is 11.7. The molecule has 1 heterocycles. The third-order valence-electron chi connectivity index (χ3n) is 3.30. The van der Waals surface area contributed by atoms with Crippen LogP contribution in [0.3, 0.4) is 0 Å².